The smallest absolute Gasteiger partial charge is 0.339 e. The van der Waals surface area contributed by atoms with Gasteiger partial charge in [-0.25, -0.2) is 14.4 Å². The van der Waals surface area contributed by atoms with Crippen molar-refractivity contribution in [1.82, 2.24) is 19.4 Å². The van der Waals surface area contributed by atoms with Crippen LogP contribution in [-0.2, 0) is 6.18 Å². The number of alkyl halides is 3. The van der Waals surface area contributed by atoms with Gasteiger partial charge in [-0.15, -0.1) is 0 Å². The second-order valence-corrected chi connectivity index (χ2v) is 5.66. The lowest BCUT2D eigenvalue weighted by Crippen LogP contribution is -2.09. The van der Waals surface area contributed by atoms with Crippen molar-refractivity contribution in [3.8, 4) is 11.4 Å². The molecule has 5 nitrogen and oxygen atoms in total. The fourth-order valence-electron chi connectivity index (χ4n) is 2.66. The first kappa shape index (κ1) is 17.0. The van der Waals surface area contributed by atoms with Crippen LogP contribution in [0.1, 0.15) is 5.69 Å². The van der Waals surface area contributed by atoms with E-state index in [2.05, 4.69) is 20.3 Å². The van der Waals surface area contributed by atoms with Gasteiger partial charge in [-0.1, -0.05) is 6.07 Å². The Morgan fingerprint density at radius 3 is 2.44 bits per heavy atom. The number of pyridine rings is 1. The van der Waals surface area contributed by atoms with E-state index in [1.54, 1.807) is 12.1 Å². The molecule has 3 heterocycles. The average Bonchev–Trinajstić information content (AvgIpc) is 3.04. The number of aromatic nitrogens is 4. The number of anilines is 2. The van der Waals surface area contributed by atoms with Crippen molar-refractivity contribution >= 4 is 17.2 Å². The average molecular weight is 373 g/mol. The molecule has 4 aromatic rings. The molecule has 3 aromatic heterocycles. The zero-order valence-electron chi connectivity index (χ0n) is 13.6. The van der Waals surface area contributed by atoms with Crippen molar-refractivity contribution in [3.05, 3.63) is 72.6 Å². The van der Waals surface area contributed by atoms with Crippen LogP contribution in [0.5, 0.6) is 0 Å². The highest BCUT2D eigenvalue weighted by molar-refractivity contribution is 5.66. The molecular weight excluding hydrogens is 362 g/mol. The Hall–Kier alpha value is -3.49. The molecule has 0 aliphatic heterocycles. The van der Waals surface area contributed by atoms with Crippen LogP contribution < -0.4 is 5.32 Å². The van der Waals surface area contributed by atoms with Gasteiger partial charge < -0.3 is 5.32 Å². The van der Waals surface area contributed by atoms with Crippen LogP contribution in [0.4, 0.5) is 29.1 Å². The Morgan fingerprint density at radius 2 is 1.70 bits per heavy atom. The van der Waals surface area contributed by atoms with Crippen LogP contribution in [0.2, 0.25) is 0 Å². The third kappa shape index (κ3) is 3.31. The fraction of sp³-hybridized carbons (Fsp3) is 0.0556. The zero-order valence-corrected chi connectivity index (χ0v) is 13.6. The fourth-order valence-corrected chi connectivity index (χ4v) is 2.66. The zero-order chi connectivity index (χ0) is 19.0. The molecule has 27 heavy (non-hydrogen) atoms. The molecule has 0 saturated carbocycles. The van der Waals surface area contributed by atoms with Gasteiger partial charge in [0.15, 0.2) is 5.69 Å². The lowest BCUT2D eigenvalue weighted by Gasteiger charge is -2.09. The minimum atomic E-state index is -4.65. The molecule has 1 aromatic carbocycles. The number of halogens is 4. The first-order valence-electron chi connectivity index (χ1n) is 7.81. The highest BCUT2D eigenvalue weighted by Gasteiger charge is 2.38. The van der Waals surface area contributed by atoms with E-state index in [9.17, 15) is 17.6 Å². The summed E-state index contributed by atoms with van der Waals surface area (Å²) in [4.78, 5) is 11.9. The largest absolute Gasteiger partial charge is 0.435 e. The monoisotopic (exact) mass is 373 g/mol. The van der Waals surface area contributed by atoms with E-state index < -0.39 is 17.7 Å². The quantitative estimate of drug-likeness (QED) is 0.529. The summed E-state index contributed by atoms with van der Waals surface area (Å²) >= 11 is 0. The van der Waals surface area contributed by atoms with Gasteiger partial charge in [0.2, 0.25) is 0 Å². The van der Waals surface area contributed by atoms with Gasteiger partial charge in [0.05, 0.1) is 12.4 Å². The third-order valence-corrected chi connectivity index (χ3v) is 3.79. The van der Waals surface area contributed by atoms with Gasteiger partial charge in [-0.3, -0.25) is 9.38 Å². The maximum absolute atomic E-state index is 13.5. The molecule has 0 spiro atoms. The van der Waals surface area contributed by atoms with E-state index in [0.717, 1.165) is 0 Å². The number of rotatable bonds is 3. The van der Waals surface area contributed by atoms with Gasteiger partial charge in [-0.2, -0.15) is 13.2 Å². The summed E-state index contributed by atoms with van der Waals surface area (Å²) in [6.45, 7) is 0. The van der Waals surface area contributed by atoms with Crippen molar-refractivity contribution in [2.75, 3.05) is 5.32 Å². The minimum Gasteiger partial charge on any atom is -0.339 e. The Bertz CT molecular complexity index is 1100. The minimum absolute atomic E-state index is 0.00753. The third-order valence-electron chi connectivity index (χ3n) is 3.79. The summed E-state index contributed by atoms with van der Waals surface area (Å²) in [5.41, 5.74) is -0.556. The predicted molar refractivity (Wildman–Crippen MR) is 90.9 cm³/mol. The molecule has 1 N–H and O–H groups in total. The molecule has 0 saturated heterocycles. The molecule has 0 aliphatic rings. The van der Waals surface area contributed by atoms with E-state index in [1.165, 1.54) is 53.3 Å². The Kier molecular flexibility index (Phi) is 3.98. The number of imidazole rings is 1. The Morgan fingerprint density at radius 1 is 0.926 bits per heavy atom. The molecule has 136 valence electrons. The van der Waals surface area contributed by atoms with Crippen LogP contribution in [0.3, 0.4) is 0 Å². The molecule has 0 fully saturated rings. The molecular formula is C18H11F4N5. The first-order valence-corrected chi connectivity index (χ1v) is 7.81. The van der Waals surface area contributed by atoms with Gasteiger partial charge in [0.1, 0.15) is 28.7 Å². The highest BCUT2D eigenvalue weighted by atomic mass is 19.4. The molecule has 0 aliphatic carbocycles. The van der Waals surface area contributed by atoms with Crippen molar-refractivity contribution < 1.29 is 17.6 Å². The molecule has 0 bridgehead atoms. The van der Waals surface area contributed by atoms with E-state index in [-0.39, 0.29) is 22.9 Å². The van der Waals surface area contributed by atoms with Crippen LogP contribution in [0.25, 0.3) is 17.0 Å². The first-order chi connectivity index (χ1) is 12.9. The number of nitrogens with one attached hydrogen (secondary N) is 1. The van der Waals surface area contributed by atoms with Crippen molar-refractivity contribution in [1.29, 1.82) is 0 Å². The molecule has 0 atom stereocenters. The summed E-state index contributed by atoms with van der Waals surface area (Å²) in [6, 6.07) is 10.2. The van der Waals surface area contributed by atoms with Crippen LogP contribution in [-0.4, -0.2) is 19.4 Å². The molecule has 0 radical (unpaired) electrons. The van der Waals surface area contributed by atoms with Crippen LogP contribution in [0.15, 0.2) is 61.1 Å². The maximum Gasteiger partial charge on any atom is 0.435 e. The summed E-state index contributed by atoms with van der Waals surface area (Å²) in [5.74, 6) is -0.181. The lowest BCUT2D eigenvalue weighted by atomic mass is 10.2. The summed E-state index contributed by atoms with van der Waals surface area (Å²) in [7, 11) is 0. The van der Waals surface area contributed by atoms with Crippen LogP contribution in [0, 0.1) is 5.82 Å². The number of nitrogens with zero attached hydrogens (tertiary/aromatic N) is 4. The lowest BCUT2D eigenvalue weighted by molar-refractivity contribution is -0.140. The molecule has 9 heteroatoms. The Labute approximate surface area is 150 Å². The van der Waals surface area contributed by atoms with Crippen molar-refractivity contribution in [2.24, 2.45) is 0 Å². The van der Waals surface area contributed by atoms with Crippen molar-refractivity contribution in [3.63, 3.8) is 0 Å². The number of benzene rings is 1. The summed E-state index contributed by atoms with van der Waals surface area (Å²) in [5, 5.41) is 2.89. The van der Waals surface area contributed by atoms with Crippen molar-refractivity contribution in [2.45, 2.75) is 6.18 Å². The van der Waals surface area contributed by atoms with Gasteiger partial charge in [0.25, 0.3) is 0 Å². The highest BCUT2D eigenvalue weighted by Crippen LogP contribution is 2.36. The normalized spacial score (nSPS) is 11.7. The molecule has 4 rings (SSSR count). The molecule has 0 amide bonds. The van der Waals surface area contributed by atoms with Crippen LogP contribution >= 0.6 is 0 Å². The summed E-state index contributed by atoms with van der Waals surface area (Å²) in [6.07, 6.45) is -0.567. The van der Waals surface area contributed by atoms with Gasteiger partial charge in [0, 0.05) is 11.9 Å². The number of hydrogen-bond acceptors (Lipinski definition) is 4. The second kappa shape index (κ2) is 6.35. The van der Waals surface area contributed by atoms with E-state index in [4.69, 9.17) is 0 Å². The standard InChI is InChI=1S/C18H11F4N5/c19-11-4-6-12(7-5-11)24-14-10-23-9-13(25-14)16-17(18(20,21)22)26-15-3-1-2-8-27(15)16/h1-10H,(H,24,25). The topological polar surface area (TPSA) is 55.1 Å². The maximum atomic E-state index is 13.5. The van der Waals surface area contributed by atoms with Gasteiger partial charge >= 0.3 is 6.18 Å². The summed E-state index contributed by atoms with van der Waals surface area (Å²) < 4.78 is 54.8. The predicted octanol–water partition coefficient (Wildman–Crippen LogP) is 4.69. The number of hydrogen-bond donors (Lipinski definition) is 1. The van der Waals surface area contributed by atoms with E-state index in [1.807, 2.05) is 0 Å². The Balaban J connectivity index is 1.81. The van der Waals surface area contributed by atoms with E-state index in [0.29, 0.717) is 5.69 Å². The van der Waals surface area contributed by atoms with Gasteiger partial charge in [-0.05, 0) is 36.4 Å². The van der Waals surface area contributed by atoms with E-state index >= 15 is 0 Å². The molecule has 0 unspecified atom stereocenters. The SMILES string of the molecule is Fc1ccc(Nc2cncc(-c3c(C(F)(F)F)nc4ccccn34)n2)cc1. The second-order valence-electron chi connectivity index (χ2n) is 5.66. The number of fused-ring (bicyclic) bond motifs is 1.